The summed E-state index contributed by atoms with van der Waals surface area (Å²) in [5, 5.41) is 9.64. The highest BCUT2D eigenvalue weighted by Crippen LogP contribution is 2.33. The summed E-state index contributed by atoms with van der Waals surface area (Å²) < 4.78 is 27.4. The van der Waals surface area contributed by atoms with Crippen LogP contribution in [-0.4, -0.2) is 31.3 Å². The second-order valence-corrected chi connectivity index (χ2v) is 11.4. The predicted molar refractivity (Wildman–Crippen MR) is 127 cm³/mol. The van der Waals surface area contributed by atoms with E-state index in [-0.39, 0.29) is 33.9 Å². The SMILES string of the molecule is CC(=O)c1ccc(O)c(C(C)(C)C)c1.CC(=O)c1ccc(OS(C)(=O)=O)c(C(C)(C)C)c1. The standard InChI is InChI=1S/C13H18O4S.C12H16O2/c1-9(14)10-6-7-12(17-18(5,15)16)11(8-10)13(2,3)4;1-8(13)9-5-6-11(14)10(7-9)12(2,3)4/h6-8H,1-5H3;5-7,14H,1-4H3. The van der Waals surface area contributed by atoms with Crippen LogP contribution < -0.4 is 4.18 Å². The van der Waals surface area contributed by atoms with Crippen LogP contribution in [0.15, 0.2) is 36.4 Å². The van der Waals surface area contributed by atoms with Crippen LogP contribution in [0.3, 0.4) is 0 Å². The Morgan fingerprint density at radius 1 is 0.781 bits per heavy atom. The largest absolute Gasteiger partial charge is 0.508 e. The third kappa shape index (κ3) is 8.11. The number of aromatic hydroxyl groups is 1. The Balaban J connectivity index is 0.000000330. The lowest BCUT2D eigenvalue weighted by Gasteiger charge is -2.22. The molecule has 1 N–H and O–H groups in total. The van der Waals surface area contributed by atoms with Crippen molar-refractivity contribution in [3.05, 3.63) is 58.7 Å². The maximum atomic E-state index is 11.4. The van der Waals surface area contributed by atoms with Crippen LogP contribution in [0.25, 0.3) is 0 Å². The van der Waals surface area contributed by atoms with Gasteiger partial charge in [0.05, 0.1) is 6.26 Å². The van der Waals surface area contributed by atoms with Gasteiger partial charge < -0.3 is 9.29 Å². The molecule has 0 radical (unpaired) electrons. The van der Waals surface area contributed by atoms with E-state index >= 15 is 0 Å². The molecule has 0 atom stereocenters. The van der Waals surface area contributed by atoms with E-state index in [4.69, 9.17) is 4.18 Å². The average molecular weight is 463 g/mol. The van der Waals surface area contributed by atoms with Crippen LogP contribution in [0.4, 0.5) is 0 Å². The molecule has 0 heterocycles. The van der Waals surface area contributed by atoms with Gasteiger partial charge in [0, 0.05) is 16.7 Å². The summed E-state index contributed by atoms with van der Waals surface area (Å²) in [5.41, 5.74) is 2.24. The fourth-order valence-corrected chi connectivity index (χ4v) is 3.40. The number of hydrogen-bond acceptors (Lipinski definition) is 6. The van der Waals surface area contributed by atoms with Gasteiger partial charge in [0.15, 0.2) is 11.6 Å². The zero-order valence-electron chi connectivity index (χ0n) is 20.4. The Labute approximate surface area is 191 Å². The number of carbonyl (C=O) groups excluding carboxylic acids is 2. The number of ketones is 2. The van der Waals surface area contributed by atoms with Crippen molar-refractivity contribution < 1.29 is 27.3 Å². The molecule has 32 heavy (non-hydrogen) atoms. The molecule has 2 aromatic rings. The molecule has 0 fully saturated rings. The van der Waals surface area contributed by atoms with E-state index < -0.39 is 10.1 Å². The van der Waals surface area contributed by atoms with Crippen molar-refractivity contribution in [1.82, 2.24) is 0 Å². The van der Waals surface area contributed by atoms with Crippen LogP contribution in [0, 0.1) is 0 Å². The van der Waals surface area contributed by atoms with E-state index in [2.05, 4.69) is 0 Å². The Bertz CT molecular complexity index is 1100. The van der Waals surface area contributed by atoms with Gasteiger partial charge in [-0.15, -0.1) is 0 Å². The molecule has 0 spiro atoms. The third-order valence-corrected chi connectivity index (χ3v) is 5.13. The van der Waals surface area contributed by atoms with E-state index in [1.165, 1.54) is 19.9 Å². The number of phenols is 1. The molecule has 0 unspecified atom stereocenters. The van der Waals surface area contributed by atoms with Gasteiger partial charge in [0.25, 0.3) is 0 Å². The monoisotopic (exact) mass is 462 g/mol. The molecule has 0 aliphatic heterocycles. The molecular weight excluding hydrogens is 428 g/mol. The van der Waals surface area contributed by atoms with Crippen molar-refractivity contribution >= 4 is 21.7 Å². The summed E-state index contributed by atoms with van der Waals surface area (Å²) in [4.78, 5) is 22.5. The minimum absolute atomic E-state index is 0.0236. The lowest BCUT2D eigenvalue weighted by molar-refractivity contribution is 0.100. The molecule has 0 saturated heterocycles. The van der Waals surface area contributed by atoms with Gasteiger partial charge in [-0.3, -0.25) is 9.59 Å². The number of benzene rings is 2. The molecule has 0 bridgehead atoms. The Kier molecular flexibility index (Phi) is 8.43. The third-order valence-electron chi connectivity index (χ3n) is 4.65. The molecule has 0 aromatic heterocycles. The molecule has 0 aliphatic rings. The predicted octanol–water partition coefficient (Wildman–Crippen LogP) is 5.42. The lowest BCUT2D eigenvalue weighted by atomic mass is 9.85. The van der Waals surface area contributed by atoms with Crippen LogP contribution in [0.5, 0.6) is 11.5 Å². The highest BCUT2D eigenvalue weighted by Gasteiger charge is 2.22. The number of Topliss-reactive ketones (excluding diaryl/α,β-unsaturated/α-hetero) is 2. The molecule has 2 rings (SSSR count). The molecule has 0 aliphatic carbocycles. The van der Waals surface area contributed by atoms with Gasteiger partial charge in [0.1, 0.15) is 11.5 Å². The van der Waals surface area contributed by atoms with Crippen molar-refractivity contribution in [2.24, 2.45) is 0 Å². The molecule has 176 valence electrons. The first-order valence-corrected chi connectivity index (χ1v) is 12.0. The number of phenolic OH excluding ortho intramolecular Hbond substituents is 1. The first-order valence-electron chi connectivity index (χ1n) is 10.2. The van der Waals surface area contributed by atoms with Crippen LogP contribution in [0.2, 0.25) is 0 Å². The summed E-state index contributed by atoms with van der Waals surface area (Å²) in [6.45, 7) is 14.8. The Morgan fingerprint density at radius 2 is 1.19 bits per heavy atom. The van der Waals surface area contributed by atoms with Crippen LogP contribution in [-0.2, 0) is 20.9 Å². The maximum absolute atomic E-state index is 11.4. The first kappa shape index (κ1) is 27.4. The average Bonchev–Trinajstić information content (AvgIpc) is 2.59. The van der Waals surface area contributed by atoms with Crippen molar-refractivity contribution in [3.8, 4) is 11.5 Å². The van der Waals surface area contributed by atoms with Gasteiger partial charge in [-0.2, -0.15) is 8.42 Å². The highest BCUT2D eigenvalue weighted by molar-refractivity contribution is 7.86. The zero-order chi connectivity index (χ0) is 25.1. The number of hydrogen-bond donors (Lipinski definition) is 1. The smallest absolute Gasteiger partial charge is 0.306 e. The topological polar surface area (TPSA) is 97.7 Å². The minimum Gasteiger partial charge on any atom is -0.508 e. The van der Waals surface area contributed by atoms with Crippen LogP contribution >= 0.6 is 0 Å². The van der Waals surface area contributed by atoms with Gasteiger partial charge in [0.2, 0.25) is 0 Å². The summed E-state index contributed by atoms with van der Waals surface area (Å²) in [5.74, 6) is 0.486. The highest BCUT2D eigenvalue weighted by atomic mass is 32.2. The fraction of sp³-hybridized carbons (Fsp3) is 0.440. The summed E-state index contributed by atoms with van der Waals surface area (Å²) in [6.07, 6.45) is 0.998. The van der Waals surface area contributed by atoms with E-state index in [9.17, 15) is 23.1 Å². The van der Waals surface area contributed by atoms with Crippen LogP contribution in [0.1, 0.15) is 87.2 Å². The van der Waals surface area contributed by atoms with Gasteiger partial charge in [-0.25, -0.2) is 0 Å². The number of rotatable bonds is 4. The summed E-state index contributed by atoms with van der Waals surface area (Å²) in [6, 6.07) is 9.77. The maximum Gasteiger partial charge on any atom is 0.306 e. The van der Waals surface area contributed by atoms with Crippen molar-refractivity contribution in [2.75, 3.05) is 6.26 Å². The summed E-state index contributed by atoms with van der Waals surface area (Å²) >= 11 is 0. The molecular formula is C25H34O6S. The van der Waals surface area contributed by atoms with Crippen molar-refractivity contribution in [2.45, 2.75) is 66.2 Å². The van der Waals surface area contributed by atoms with Crippen molar-refractivity contribution in [1.29, 1.82) is 0 Å². The molecule has 7 heteroatoms. The van der Waals surface area contributed by atoms with Gasteiger partial charge in [-0.05, 0) is 66.6 Å². The quantitative estimate of drug-likeness (QED) is 0.481. The van der Waals surface area contributed by atoms with Gasteiger partial charge >= 0.3 is 10.1 Å². The Hall–Kier alpha value is -2.67. The second-order valence-electron chi connectivity index (χ2n) is 9.84. The van der Waals surface area contributed by atoms with Crippen molar-refractivity contribution in [3.63, 3.8) is 0 Å². The fourth-order valence-electron chi connectivity index (χ4n) is 2.93. The van der Waals surface area contributed by atoms with Gasteiger partial charge in [-0.1, -0.05) is 41.5 Å². The Morgan fingerprint density at radius 3 is 1.56 bits per heavy atom. The normalized spacial score (nSPS) is 11.9. The molecule has 0 saturated carbocycles. The zero-order valence-corrected chi connectivity index (χ0v) is 21.2. The molecule has 6 nitrogen and oxygen atoms in total. The second kappa shape index (κ2) is 9.86. The lowest BCUT2D eigenvalue weighted by Crippen LogP contribution is -2.16. The number of carbonyl (C=O) groups is 2. The molecule has 0 amide bonds. The minimum atomic E-state index is -3.58. The van der Waals surface area contributed by atoms with E-state index in [1.54, 1.807) is 30.3 Å². The van der Waals surface area contributed by atoms with E-state index in [0.29, 0.717) is 16.7 Å². The van der Waals surface area contributed by atoms with E-state index in [0.717, 1.165) is 11.8 Å². The van der Waals surface area contributed by atoms with E-state index in [1.807, 2.05) is 41.5 Å². The first-order chi connectivity index (χ1) is 14.3. The molecule has 2 aromatic carbocycles. The summed E-state index contributed by atoms with van der Waals surface area (Å²) in [7, 11) is -3.58.